The Morgan fingerprint density at radius 1 is 1.20 bits per heavy atom. The van der Waals surface area contributed by atoms with Crippen LogP contribution in [0.4, 0.5) is 13.2 Å². The Kier molecular flexibility index (Phi) is 2.92. The van der Waals surface area contributed by atoms with Crippen molar-refractivity contribution in [2.45, 2.75) is 31.5 Å². The fourth-order valence-corrected chi connectivity index (χ4v) is 2.02. The van der Waals surface area contributed by atoms with E-state index in [0.717, 1.165) is 17.5 Å². The molecule has 1 saturated carbocycles. The van der Waals surface area contributed by atoms with Gasteiger partial charge in [0.15, 0.2) is 5.82 Å². The summed E-state index contributed by atoms with van der Waals surface area (Å²) in [6.45, 7) is -1.12. The van der Waals surface area contributed by atoms with E-state index in [1.54, 1.807) is 12.1 Å². The first-order valence-corrected chi connectivity index (χ1v) is 6.23. The quantitative estimate of drug-likeness (QED) is 0.941. The first-order chi connectivity index (χ1) is 9.42. The molecule has 3 rings (SSSR count). The molecule has 1 N–H and O–H groups in total. The van der Waals surface area contributed by atoms with Gasteiger partial charge in [-0.25, -0.2) is 9.67 Å². The van der Waals surface area contributed by atoms with Gasteiger partial charge in [0, 0.05) is 11.5 Å². The summed E-state index contributed by atoms with van der Waals surface area (Å²) in [6, 6.07) is 6.08. The number of aromatic hydroxyl groups is 1. The summed E-state index contributed by atoms with van der Waals surface area (Å²) < 4.78 is 38.6. The Labute approximate surface area is 112 Å². The van der Waals surface area contributed by atoms with Crippen molar-refractivity contribution in [3.8, 4) is 17.1 Å². The Balaban J connectivity index is 1.96. The second kappa shape index (κ2) is 4.50. The van der Waals surface area contributed by atoms with Crippen LogP contribution in [0.25, 0.3) is 11.4 Å². The predicted molar refractivity (Wildman–Crippen MR) is 65.2 cm³/mol. The number of hydrogen-bond acceptors (Lipinski definition) is 3. The number of aromatic nitrogens is 3. The highest BCUT2D eigenvalue weighted by Crippen LogP contribution is 2.40. The monoisotopic (exact) mass is 283 g/mol. The third-order valence-electron chi connectivity index (χ3n) is 3.10. The van der Waals surface area contributed by atoms with Gasteiger partial charge in [-0.15, -0.1) is 0 Å². The van der Waals surface area contributed by atoms with Gasteiger partial charge in [-0.2, -0.15) is 18.3 Å². The average Bonchev–Trinajstić information content (AvgIpc) is 3.11. The number of phenols is 1. The molecular formula is C13H12F3N3O. The van der Waals surface area contributed by atoms with Gasteiger partial charge >= 0.3 is 6.18 Å². The van der Waals surface area contributed by atoms with E-state index in [2.05, 4.69) is 10.1 Å². The van der Waals surface area contributed by atoms with Crippen LogP contribution in [0, 0.1) is 0 Å². The highest BCUT2D eigenvalue weighted by atomic mass is 19.4. The van der Waals surface area contributed by atoms with Crippen LogP contribution in [0.2, 0.25) is 0 Å². The smallest absolute Gasteiger partial charge is 0.408 e. The lowest BCUT2D eigenvalue weighted by Gasteiger charge is -2.07. The summed E-state index contributed by atoms with van der Waals surface area (Å²) in [6.07, 6.45) is -2.61. The zero-order valence-electron chi connectivity index (χ0n) is 10.4. The molecule has 0 bridgehead atoms. The van der Waals surface area contributed by atoms with Crippen molar-refractivity contribution in [3.63, 3.8) is 0 Å². The number of rotatable bonds is 3. The minimum Gasteiger partial charge on any atom is -0.508 e. The number of phenolic OH excluding ortho intramolecular Hbond substituents is 1. The molecule has 1 heterocycles. The molecule has 4 nitrogen and oxygen atoms in total. The van der Waals surface area contributed by atoms with E-state index < -0.39 is 12.7 Å². The van der Waals surface area contributed by atoms with Gasteiger partial charge in [-0.05, 0) is 37.1 Å². The second-order valence-electron chi connectivity index (χ2n) is 4.89. The van der Waals surface area contributed by atoms with Crippen molar-refractivity contribution >= 4 is 0 Å². The van der Waals surface area contributed by atoms with Gasteiger partial charge in [0.25, 0.3) is 0 Å². The Morgan fingerprint density at radius 3 is 2.40 bits per heavy atom. The van der Waals surface area contributed by atoms with Crippen molar-refractivity contribution < 1.29 is 18.3 Å². The van der Waals surface area contributed by atoms with Crippen LogP contribution >= 0.6 is 0 Å². The lowest BCUT2D eigenvalue weighted by Crippen LogP contribution is -2.20. The number of alkyl halides is 3. The number of nitrogens with zero attached hydrogens (tertiary/aromatic N) is 3. The molecule has 0 unspecified atom stereocenters. The molecule has 1 aliphatic rings. The van der Waals surface area contributed by atoms with Crippen LogP contribution in [-0.4, -0.2) is 26.0 Å². The summed E-state index contributed by atoms with van der Waals surface area (Å²) in [5.74, 6) is 0.822. The third kappa shape index (κ3) is 2.76. The Morgan fingerprint density at radius 2 is 1.85 bits per heavy atom. The van der Waals surface area contributed by atoms with Crippen molar-refractivity contribution in [2.75, 3.05) is 0 Å². The first kappa shape index (κ1) is 13.0. The third-order valence-corrected chi connectivity index (χ3v) is 3.10. The topological polar surface area (TPSA) is 50.9 Å². The second-order valence-corrected chi connectivity index (χ2v) is 4.89. The average molecular weight is 283 g/mol. The summed E-state index contributed by atoms with van der Waals surface area (Å²) in [5.41, 5.74) is 0.589. The van der Waals surface area contributed by atoms with Gasteiger partial charge in [-0.1, -0.05) is 0 Å². The van der Waals surface area contributed by atoms with E-state index >= 15 is 0 Å². The van der Waals surface area contributed by atoms with E-state index in [1.165, 1.54) is 12.1 Å². The van der Waals surface area contributed by atoms with E-state index in [1.807, 2.05) is 0 Å². The van der Waals surface area contributed by atoms with Crippen molar-refractivity contribution in [1.29, 1.82) is 0 Å². The number of halogens is 3. The molecule has 1 aromatic heterocycles. The molecule has 0 spiro atoms. The van der Waals surface area contributed by atoms with Crippen LogP contribution in [-0.2, 0) is 6.54 Å². The fraction of sp³-hybridized carbons (Fsp3) is 0.385. The number of hydrogen-bond donors (Lipinski definition) is 1. The molecule has 1 aliphatic carbocycles. The Bertz CT molecular complexity index is 615. The van der Waals surface area contributed by atoms with Gasteiger partial charge < -0.3 is 5.11 Å². The van der Waals surface area contributed by atoms with E-state index in [9.17, 15) is 18.3 Å². The largest absolute Gasteiger partial charge is 0.508 e. The van der Waals surface area contributed by atoms with Crippen LogP contribution in [0.1, 0.15) is 24.6 Å². The molecule has 0 radical (unpaired) electrons. The summed E-state index contributed by atoms with van der Waals surface area (Å²) in [4.78, 5) is 4.23. The van der Waals surface area contributed by atoms with Crippen molar-refractivity contribution in [1.82, 2.24) is 14.8 Å². The molecule has 7 heteroatoms. The molecule has 0 saturated heterocycles. The fourth-order valence-electron chi connectivity index (χ4n) is 2.02. The molecule has 0 aliphatic heterocycles. The summed E-state index contributed by atoms with van der Waals surface area (Å²) in [5, 5.41) is 13.2. The maximum Gasteiger partial charge on any atom is 0.408 e. The van der Waals surface area contributed by atoms with Crippen LogP contribution in [0.15, 0.2) is 24.3 Å². The SMILES string of the molecule is Oc1ccc(-c2nc(C3CC3)n(CC(F)(F)F)n2)cc1. The molecule has 106 valence electrons. The van der Waals surface area contributed by atoms with Crippen LogP contribution in [0.5, 0.6) is 5.75 Å². The lowest BCUT2D eigenvalue weighted by molar-refractivity contribution is -0.143. The molecule has 2 aromatic rings. The van der Waals surface area contributed by atoms with Gasteiger partial charge in [-0.3, -0.25) is 0 Å². The predicted octanol–water partition coefficient (Wildman–Crippen LogP) is 3.09. The Hall–Kier alpha value is -2.05. The van der Waals surface area contributed by atoms with Crippen molar-refractivity contribution in [3.05, 3.63) is 30.1 Å². The summed E-state index contributed by atoms with van der Waals surface area (Å²) in [7, 11) is 0. The molecular weight excluding hydrogens is 271 g/mol. The molecule has 0 atom stereocenters. The minimum absolute atomic E-state index is 0.0794. The van der Waals surface area contributed by atoms with Crippen molar-refractivity contribution in [2.24, 2.45) is 0 Å². The van der Waals surface area contributed by atoms with E-state index in [0.29, 0.717) is 11.4 Å². The van der Waals surface area contributed by atoms with Gasteiger partial charge in [0.05, 0.1) is 0 Å². The zero-order chi connectivity index (χ0) is 14.3. The normalized spacial score (nSPS) is 15.6. The molecule has 0 amide bonds. The van der Waals surface area contributed by atoms with Gasteiger partial charge in [0.2, 0.25) is 0 Å². The van der Waals surface area contributed by atoms with E-state index in [-0.39, 0.29) is 17.5 Å². The van der Waals surface area contributed by atoms with Crippen LogP contribution < -0.4 is 0 Å². The maximum atomic E-state index is 12.5. The minimum atomic E-state index is -4.32. The zero-order valence-corrected chi connectivity index (χ0v) is 10.4. The lowest BCUT2D eigenvalue weighted by atomic mass is 10.2. The standard InChI is InChI=1S/C13H12F3N3O/c14-13(15,16)7-19-12(9-1-2-9)17-11(18-19)8-3-5-10(20)6-4-8/h3-6,9,20H,1-2,7H2. The molecule has 20 heavy (non-hydrogen) atoms. The first-order valence-electron chi connectivity index (χ1n) is 6.23. The van der Waals surface area contributed by atoms with Gasteiger partial charge in [0.1, 0.15) is 18.1 Å². The number of benzene rings is 1. The summed E-state index contributed by atoms with van der Waals surface area (Å²) >= 11 is 0. The maximum absolute atomic E-state index is 12.5. The van der Waals surface area contributed by atoms with E-state index in [4.69, 9.17) is 0 Å². The molecule has 1 aromatic carbocycles. The highest BCUT2D eigenvalue weighted by molar-refractivity contribution is 5.55. The highest BCUT2D eigenvalue weighted by Gasteiger charge is 2.35. The molecule has 1 fully saturated rings. The van der Waals surface area contributed by atoms with Crippen LogP contribution in [0.3, 0.4) is 0 Å².